The lowest BCUT2D eigenvalue weighted by Crippen LogP contribution is -2.35. The quantitative estimate of drug-likeness (QED) is 0.824. The molecule has 2 aromatic rings. The van der Waals surface area contributed by atoms with Crippen LogP contribution in [0.1, 0.15) is 0 Å². The van der Waals surface area contributed by atoms with Crippen molar-refractivity contribution in [3.63, 3.8) is 0 Å². The predicted molar refractivity (Wildman–Crippen MR) is 102 cm³/mol. The van der Waals surface area contributed by atoms with Gasteiger partial charge in [0.15, 0.2) is 0 Å². The Morgan fingerprint density at radius 2 is 1.96 bits per heavy atom. The Kier molecular flexibility index (Phi) is 4.15. The third-order valence-electron chi connectivity index (χ3n) is 4.92. The van der Waals surface area contributed by atoms with Crippen LogP contribution in [0.15, 0.2) is 32.8 Å². The number of nitrogen functional groups attached to an aromatic ring is 1. The average Bonchev–Trinajstić information content (AvgIpc) is 2.98. The normalized spacial score (nSPS) is 24.5. The molecule has 2 aliphatic rings. The molecule has 1 aromatic heterocycles. The van der Waals surface area contributed by atoms with Crippen molar-refractivity contribution < 1.29 is 0 Å². The Labute approximate surface area is 159 Å². The fourth-order valence-electron chi connectivity index (χ4n) is 3.37. The maximum atomic E-state index is 12.8. The van der Waals surface area contributed by atoms with Gasteiger partial charge in [0.2, 0.25) is 5.95 Å². The summed E-state index contributed by atoms with van der Waals surface area (Å²) in [6.07, 6.45) is 0. The molecular weight excluding hydrogens is 381 g/mol. The van der Waals surface area contributed by atoms with Crippen molar-refractivity contribution in [2.24, 2.45) is 24.6 Å². The number of nitrogens with zero attached hydrogens (tertiary/aromatic N) is 3. The molecule has 6 nitrogen and oxygen atoms in total. The first-order valence-electron chi connectivity index (χ1n) is 7.87. The Bertz CT molecular complexity index is 906. The van der Waals surface area contributed by atoms with Gasteiger partial charge < -0.3 is 16.4 Å². The largest absolute Gasteiger partial charge is 0.382 e. The second-order valence-corrected chi connectivity index (χ2v) is 8.29. The molecule has 1 saturated heterocycles. The predicted octanol–water partition coefficient (Wildman–Crippen LogP) is 2.21. The van der Waals surface area contributed by atoms with Gasteiger partial charge in [-0.1, -0.05) is 41.0 Å². The number of halogens is 2. The number of nitrogens with two attached hydrogens (primary N) is 2. The van der Waals surface area contributed by atoms with Crippen LogP contribution in [0.4, 0.5) is 11.8 Å². The topological polar surface area (TPSA) is 90.2 Å². The summed E-state index contributed by atoms with van der Waals surface area (Å²) in [7, 11) is 1.71. The Balaban J connectivity index is 1.67. The van der Waals surface area contributed by atoms with Gasteiger partial charge >= 0.3 is 0 Å². The molecule has 4 rings (SSSR count). The number of rotatable bonds is 3. The highest BCUT2D eigenvalue weighted by atomic mass is 35.5. The summed E-state index contributed by atoms with van der Waals surface area (Å²) < 4.78 is 1.54. The maximum absolute atomic E-state index is 12.8. The molecule has 2 heterocycles. The zero-order chi connectivity index (χ0) is 17.9. The maximum Gasteiger partial charge on any atom is 0.270 e. The van der Waals surface area contributed by atoms with Crippen molar-refractivity contribution in [2.45, 2.75) is 15.8 Å². The number of hydrogen-bond donors (Lipinski definition) is 2. The molecular formula is C16H17Cl2N5OS. The number of piperidine rings is 1. The van der Waals surface area contributed by atoms with E-state index in [1.807, 2.05) is 0 Å². The molecule has 9 heteroatoms. The molecule has 0 radical (unpaired) electrons. The number of benzene rings is 1. The van der Waals surface area contributed by atoms with Gasteiger partial charge in [0, 0.05) is 31.1 Å². The van der Waals surface area contributed by atoms with Crippen LogP contribution in [0.2, 0.25) is 10.0 Å². The van der Waals surface area contributed by atoms with E-state index in [-0.39, 0.29) is 17.4 Å². The molecule has 2 atom stereocenters. The fraction of sp³-hybridized carbons (Fsp3) is 0.375. The second kappa shape index (κ2) is 6.09. The first kappa shape index (κ1) is 17.0. The summed E-state index contributed by atoms with van der Waals surface area (Å²) in [6.45, 7) is 1.64. The average molecular weight is 398 g/mol. The van der Waals surface area contributed by atoms with Crippen LogP contribution in [-0.2, 0) is 7.05 Å². The standard InChI is InChI=1S/C16H17Cl2N5OS/c1-22-15(24)13(25-10-4-2-3-9(17)11(10)18)14(20)21-16(22)23-5-7-8(6-23)12(7)19/h2-4,7-8,12H,5-6,19-20H2,1H3. The Morgan fingerprint density at radius 1 is 1.28 bits per heavy atom. The summed E-state index contributed by atoms with van der Waals surface area (Å²) in [6, 6.07) is 5.55. The van der Waals surface area contributed by atoms with E-state index < -0.39 is 0 Å². The van der Waals surface area contributed by atoms with Gasteiger partial charge in [-0.05, 0) is 24.0 Å². The van der Waals surface area contributed by atoms with Crippen LogP contribution < -0.4 is 21.9 Å². The summed E-state index contributed by atoms with van der Waals surface area (Å²) in [5, 5.41) is 0.826. The van der Waals surface area contributed by atoms with Gasteiger partial charge in [0.05, 0.1) is 10.0 Å². The van der Waals surface area contributed by atoms with Gasteiger partial charge in [-0.25, -0.2) is 0 Å². The van der Waals surface area contributed by atoms with Gasteiger partial charge in [-0.3, -0.25) is 9.36 Å². The number of fused-ring (bicyclic) bond motifs is 1. The van der Waals surface area contributed by atoms with E-state index in [0.29, 0.717) is 37.6 Å². The lowest BCUT2D eigenvalue weighted by Gasteiger charge is -2.23. The summed E-state index contributed by atoms with van der Waals surface area (Å²) in [4.78, 5) is 20.4. The van der Waals surface area contributed by atoms with Gasteiger partial charge in [-0.15, -0.1) is 0 Å². The number of aromatic nitrogens is 2. The highest BCUT2D eigenvalue weighted by Gasteiger charge is 2.54. The minimum absolute atomic E-state index is 0.198. The molecule has 1 aliphatic carbocycles. The second-order valence-electron chi connectivity index (χ2n) is 6.45. The summed E-state index contributed by atoms with van der Waals surface area (Å²) >= 11 is 13.4. The minimum Gasteiger partial charge on any atom is -0.382 e. The van der Waals surface area contributed by atoms with Crippen LogP contribution in [0, 0.1) is 11.8 Å². The van der Waals surface area contributed by atoms with Crippen LogP contribution in [0.5, 0.6) is 0 Å². The van der Waals surface area contributed by atoms with Crippen LogP contribution in [0.3, 0.4) is 0 Å². The van der Waals surface area contributed by atoms with Crippen molar-refractivity contribution in [3.05, 3.63) is 38.6 Å². The molecule has 2 fully saturated rings. The zero-order valence-electron chi connectivity index (χ0n) is 13.4. The molecule has 25 heavy (non-hydrogen) atoms. The SMILES string of the molecule is Cn1c(N2CC3C(N)C3C2)nc(N)c(Sc2cccc(Cl)c2Cl)c1=O. The van der Waals surface area contributed by atoms with E-state index in [1.54, 1.807) is 25.2 Å². The molecule has 0 amide bonds. The van der Waals surface area contributed by atoms with E-state index >= 15 is 0 Å². The van der Waals surface area contributed by atoms with Crippen molar-refractivity contribution in [1.29, 1.82) is 0 Å². The first-order valence-corrected chi connectivity index (χ1v) is 9.44. The zero-order valence-corrected chi connectivity index (χ0v) is 15.8. The lowest BCUT2D eigenvalue weighted by atomic mass is 10.4. The van der Waals surface area contributed by atoms with Crippen molar-refractivity contribution in [2.75, 3.05) is 23.7 Å². The molecule has 132 valence electrons. The van der Waals surface area contributed by atoms with Gasteiger partial charge in [-0.2, -0.15) is 4.98 Å². The molecule has 1 aliphatic heterocycles. The van der Waals surface area contributed by atoms with Gasteiger partial charge in [0.25, 0.3) is 5.56 Å². The van der Waals surface area contributed by atoms with E-state index in [1.165, 1.54) is 16.3 Å². The van der Waals surface area contributed by atoms with E-state index in [0.717, 1.165) is 13.1 Å². The highest BCUT2D eigenvalue weighted by molar-refractivity contribution is 7.99. The van der Waals surface area contributed by atoms with Crippen LogP contribution in [0.25, 0.3) is 0 Å². The number of anilines is 2. The van der Waals surface area contributed by atoms with Crippen molar-refractivity contribution >= 4 is 46.7 Å². The molecule has 2 unspecified atom stereocenters. The van der Waals surface area contributed by atoms with Gasteiger partial charge in [0.1, 0.15) is 10.7 Å². The Hall–Kier alpha value is -1.41. The van der Waals surface area contributed by atoms with Crippen LogP contribution >= 0.6 is 35.0 Å². The Morgan fingerprint density at radius 3 is 2.64 bits per heavy atom. The fourth-order valence-corrected chi connectivity index (χ4v) is 4.79. The monoisotopic (exact) mass is 397 g/mol. The highest BCUT2D eigenvalue weighted by Crippen LogP contribution is 2.45. The molecule has 0 spiro atoms. The van der Waals surface area contributed by atoms with E-state index in [4.69, 9.17) is 34.7 Å². The van der Waals surface area contributed by atoms with E-state index in [2.05, 4.69) is 9.88 Å². The third kappa shape index (κ3) is 2.79. The molecule has 1 saturated carbocycles. The minimum atomic E-state index is -0.201. The van der Waals surface area contributed by atoms with Crippen molar-refractivity contribution in [3.8, 4) is 0 Å². The molecule has 1 aromatic carbocycles. The van der Waals surface area contributed by atoms with Crippen molar-refractivity contribution in [1.82, 2.24) is 9.55 Å². The van der Waals surface area contributed by atoms with Crippen LogP contribution in [-0.4, -0.2) is 28.7 Å². The summed E-state index contributed by atoms with van der Waals surface area (Å²) in [5.74, 6) is 1.78. The third-order valence-corrected chi connectivity index (χ3v) is 7.00. The smallest absolute Gasteiger partial charge is 0.270 e. The molecule has 4 N–H and O–H groups in total. The molecule has 0 bridgehead atoms. The van der Waals surface area contributed by atoms with E-state index in [9.17, 15) is 4.79 Å². The number of hydrogen-bond acceptors (Lipinski definition) is 6. The summed E-state index contributed by atoms with van der Waals surface area (Å²) in [5.41, 5.74) is 11.9. The lowest BCUT2D eigenvalue weighted by molar-refractivity contribution is 0.683. The first-order chi connectivity index (χ1) is 11.9.